The molecule has 0 unspecified atom stereocenters. The first-order valence-electron chi connectivity index (χ1n) is 4.20. The zero-order chi connectivity index (χ0) is 11.4. The van der Waals surface area contributed by atoms with Crippen LogP contribution in [0.5, 0.6) is 0 Å². The Hall–Kier alpha value is -1.11. The number of nitrogens with two attached hydrogens (primary N) is 1. The van der Waals surface area contributed by atoms with Crippen LogP contribution in [0.2, 0.25) is 0 Å². The van der Waals surface area contributed by atoms with E-state index in [2.05, 4.69) is 32.3 Å². The number of nitrogens with zero attached hydrogens (tertiary/aromatic N) is 1. The molecule has 0 saturated carbocycles. The van der Waals surface area contributed by atoms with Gasteiger partial charge in [0.2, 0.25) is 0 Å². The van der Waals surface area contributed by atoms with Gasteiger partial charge in [0.1, 0.15) is 0 Å². The van der Waals surface area contributed by atoms with Crippen LogP contribution < -0.4 is 5.73 Å². The number of anilines is 1. The number of esters is 1. The average molecular weight is 318 g/mol. The maximum Gasteiger partial charge on any atom is 0.356 e. The van der Waals surface area contributed by atoms with E-state index in [0.29, 0.717) is 11.3 Å². The van der Waals surface area contributed by atoms with Gasteiger partial charge in [-0.2, -0.15) is 0 Å². The first-order valence-corrected chi connectivity index (χ1v) is 5.28. The van der Waals surface area contributed by atoms with Crippen LogP contribution in [-0.4, -0.2) is 25.8 Å². The van der Waals surface area contributed by atoms with Crippen molar-refractivity contribution in [2.45, 2.75) is 0 Å². The number of halogens is 1. The highest BCUT2D eigenvalue weighted by Gasteiger charge is 2.16. The lowest BCUT2D eigenvalue weighted by Gasteiger charge is -2.07. The maximum absolute atomic E-state index is 11.4. The van der Waals surface area contributed by atoms with E-state index in [4.69, 9.17) is 5.73 Å². The molecule has 4 nitrogen and oxygen atoms in total. The van der Waals surface area contributed by atoms with Crippen molar-refractivity contribution in [1.29, 1.82) is 0 Å². The van der Waals surface area contributed by atoms with Gasteiger partial charge in [-0.1, -0.05) is 0 Å². The van der Waals surface area contributed by atoms with Crippen molar-refractivity contribution < 1.29 is 9.53 Å². The molecule has 0 aliphatic heterocycles. The summed E-state index contributed by atoms with van der Waals surface area (Å²) in [6, 6.07) is 5.41. The van der Waals surface area contributed by atoms with Gasteiger partial charge in [0.15, 0.2) is 5.71 Å². The Morgan fingerprint density at radius 3 is 2.73 bits per heavy atom. The van der Waals surface area contributed by atoms with Gasteiger partial charge in [0.05, 0.1) is 7.11 Å². The van der Waals surface area contributed by atoms with Gasteiger partial charge >= 0.3 is 5.97 Å². The largest absolute Gasteiger partial charge is 0.464 e. The molecule has 0 amide bonds. The maximum atomic E-state index is 11.4. The van der Waals surface area contributed by atoms with Gasteiger partial charge in [-0.15, -0.1) is 0 Å². The summed E-state index contributed by atoms with van der Waals surface area (Å²) in [6.07, 6.45) is 0. The summed E-state index contributed by atoms with van der Waals surface area (Å²) in [5.74, 6) is -0.480. The fraction of sp³-hybridized carbons (Fsp3) is 0.200. The molecular formula is C10H11IN2O2. The second-order valence-electron chi connectivity index (χ2n) is 2.80. The third-order valence-corrected chi connectivity index (χ3v) is 2.54. The Balaban J connectivity index is 3.24. The summed E-state index contributed by atoms with van der Waals surface area (Å²) in [4.78, 5) is 15.3. The normalized spacial score (nSPS) is 11.3. The highest BCUT2D eigenvalue weighted by atomic mass is 127. The molecule has 15 heavy (non-hydrogen) atoms. The summed E-state index contributed by atoms with van der Waals surface area (Å²) in [5.41, 5.74) is 7.13. The highest BCUT2D eigenvalue weighted by Crippen LogP contribution is 2.17. The number of nitrogen functional groups attached to an aromatic ring is 1. The first-order chi connectivity index (χ1) is 7.10. The molecule has 80 valence electrons. The van der Waals surface area contributed by atoms with Crippen LogP contribution in [0.1, 0.15) is 5.56 Å². The van der Waals surface area contributed by atoms with Crippen LogP contribution in [0.4, 0.5) is 5.69 Å². The van der Waals surface area contributed by atoms with Crippen LogP contribution in [0.25, 0.3) is 0 Å². The number of carbonyl (C=O) groups is 1. The number of methoxy groups -OCH3 is 1. The Labute approximate surface area is 102 Å². The summed E-state index contributed by atoms with van der Waals surface area (Å²) in [6.45, 7) is 0. The van der Waals surface area contributed by atoms with Crippen LogP contribution >= 0.6 is 22.6 Å². The number of hydrogen-bond donors (Lipinski definition) is 1. The molecule has 0 spiro atoms. The number of rotatable bonds is 2. The zero-order valence-electron chi connectivity index (χ0n) is 8.45. The van der Waals surface area contributed by atoms with Gasteiger partial charge < -0.3 is 10.5 Å². The van der Waals surface area contributed by atoms with Crippen LogP contribution in [-0.2, 0) is 9.53 Å². The van der Waals surface area contributed by atoms with Crippen molar-refractivity contribution in [3.05, 3.63) is 27.3 Å². The van der Waals surface area contributed by atoms with E-state index in [9.17, 15) is 4.79 Å². The Bertz CT molecular complexity index is 416. The topological polar surface area (TPSA) is 64.7 Å². The highest BCUT2D eigenvalue weighted by molar-refractivity contribution is 14.1. The molecule has 1 rings (SSSR count). The minimum Gasteiger partial charge on any atom is -0.464 e. The molecule has 0 aromatic heterocycles. The average Bonchev–Trinajstić information content (AvgIpc) is 2.23. The van der Waals surface area contributed by atoms with Gasteiger partial charge in [-0.05, 0) is 40.8 Å². The molecule has 0 aliphatic carbocycles. The Morgan fingerprint density at radius 1 is 1.53 bits per heavy atom. The molecular weight excluding hydrogens is 307 g/mol. The van der Waals surface area contributed by atoms with E-state index >= 15 is 0 Å². The molecule has 0 radical (unpaired) electrons. The predicted molar refractivity (Wildman–Crippen MR) is 68.0 cm³/mol. The lowest BCUT2D eigenvalue weighted by atomic mass is 10.1. The molecule has 5 heteroatoms. The fourth-order valence-electron chi connectivity index (χ4n) is 1.15. The van der Waals surface area contributed by atoms with E-state index in [-0.39, 0.29) is 5.71 Å². The fourth-order valence-corrected chi connectivity index (χ4v) is 1.64. The molecule has 0 atom stereocenters. The Morgan fingerprint density at radius 2 is 2.20 bits per heavy atom. The molecule has 0 saturated heterocycles. The third-order valence-electron chi connectivity index (χ3n) is 1.87. The predicted octanol–water partition coefficient (Wildman–Crippen LogP) is 1.47. The molecule has 0 bridgehead atoms. The number of ether oxygens (including phenoxy) is 1. The van der Waals surface area contributed by atoms with E-state index in [1.165, 1.54) is 14.2 Å². The lowest BCUT2D eigenvalue weighted by molar-refractivity contribution is -0.132. The second kappa shape index (κ2) is 5.11. The van der Waals surface area contributed by atoms with E-state index in [1.807, 2.05) is 6.07 Å². The summed E-state index contributed by atoms with van der Waals surface area (Å²) in [5, 5.41) is 0. The summed E-state index contributed by atoms with van der Waals surface area (Å²) < 4.78 is 5.61. The first kappa shape index (κ1) is 12.0. The summed E-state index contributed by atoms with van der Waals surface area (Å²) >= 11 is 2.14. The lowest BCUT2D eigenvalue weighted by Crippen LogP contribution is -2.18. The van der Waals surface area contributed by atoms with Gasteiger partial charge in [-0.25, -0.2) is 4.79 Å². The number of aliphatic imine (C=N–C) groups is 1. The minimum atomic E-state index is -0.480. The molecule has 2 N–H and O–H groups in total. The van der Waals surface area contributed by atoms with Crippen molar-refractivity contribution in [1.82, 2.24) is 0 Å². The van der Waals surface area contributed by atoms with Crippen molar-refractivity contribution in [3.8, 4) is 0 Å². The van der Waals surface area contributed by atoms with Gasteiger partial charge in [-0.3, -0.25) is 4.99 Å². The van der Waals surface area contributed by atoms with Crippen LogP contribution in [0, 0.1) is 3.57 Å². The third kappa shape index (κ3) is 2.68. The summed E-state index contributed by atoms with van der Waals surface area (Å²) in [7, 11) is 2.85. The van der Waals surface area contributed by atoms with E-state index in [0.717, 1.165) is 3.57 Å². The number of benzene rings is 1. The Kier molecular flexibility index (Phi) is 4.07. The zero-order valence-corrected chi connectivity index (χ0v) is 10.6. The second-order valence-corrected chi connectivity index (χ2v) is 4.04. The molecule has 0 fully saturated rings. The monoisotopic (exact) mass is 318 g/mol. The number of hydrogen-bond acceptors (Lipinski definition) is 4. The van der Waals surface area contributed by atoms with Crippen molar-refractivity contribution in [3.63, 3.8) is 0 Å². The van der Waals surface area contributed by atoms with Crippen molar-refractivity contribution in [2.75, 3.05) is 19.9 Å². The standard InChI is InChI=1S/C10H11IN2O2/c1-13-9(10(14)15-2)7-5-6(11)3-4-8(7)12/h3-5H,12H2,1-2H3. The van der Waals surface area contributed by atoms with E-state index in [1.54, 1.807) is 12.1 Å². The smallest absolute Gasteiger partial charge is 0.356 e. The molecule has 1 aromatic rings. The molecule has 0 aliphatic rings. The van der Waals surface area contributed by atoms with Gasteiger partial charge in [0.25, 0.3) is 0 Å². The van der Waals surface area contributed by atoms with Crippen LogP contribution in [0.3, 0.4) is 0 Å². The van der Waals surface area contributed by atoms with Crippen molar-refractivity contribution >= 4 is 40.0 Å². The quantitative estimate of drug-likeness (QED) is 0.389. The minimum absolute atomic E-state index is 0.244. The van der Waals surface area contributed by atoms with Crippen LogP contribution in [0.15, 0.2) is 23.2 Å². The SMILES string of the molecule is CN=C(C(=O)OC)c1cc(I)ccc1N. The molecule has 0 heterocycles. The van der Waals surface area contributed by atoms with E-state index < -0.39 is 5.97 Å². The van der Waals surface area contributed by atoms with Gasteiger partial charge in [0, 0.05) is 21.9 Å². The molecule has 1 aromatic carbocycles. The number of carbonyl (C=O) groups excluding carboxylic acids is 1. The van der Waals surface area contributed by atoms with Crippen molar-refractivity contribution in [2.24, 2.45) is 4.99 Å².